The lowest BCUT2D eigenvalue weighted by Gasteiger charge is -2.20. The molecule has 134 valence electrons. The van der Waals surface area contributed by atoms with Gasteiger partial charge in [0.25, 0.3) is 5.91 Å². The Morgan fingerprint density at radius 1 is 1.20 bits per heavy atom. The number of benzene rings is 1. The molecule has 0 aromatic heterocycles. The lowest BCUT2D eigenvalue weighted by molar-refractivity contribution is -0.146. The zero-order chi connectivity index (χ0) is 18.7. The van der Waals surface area contributed by atoms with Gasteiger partial charge >= 0.3 is 5.97 Å². The van der Waals surface area contributed by atoms with Gasteiger partial charge < -0.3 is 10.1 Å². The Kier molecular flexibility index (Phi) is 6.26. The summed E-state index contributed by atoms with van der Waals surface area (Å²) in [5.41, 5.74) is 0.318. The Morgan fingerprint density at radius 2 is 1.84 bits per heavy atom. The van der Waals surface area contributed by atoms with Gasteiger partial charge in [0.15, 0.2) is 6.10 Å². The van der Waals surface area contributed by atoms with Gasteiger partial charge in [-0.05, 0) is 19.1 Å². The quantitative estimate of drug-likeness (QED) is 0.614. The van der Waals surface area contributed by atoms with Gasteiger partial charge in [0, 0.05) is 19.9 Å². The summed E-state index contributed by atoms with van der Waals surface area (Å²) in [5, 5.41) is 8.07. The van der Waals surface area contributed by atoms with E-state index in [0.717, 1.165) is 5.01 Å². The number of rotatable bonds is 4. The van der Waals surface area contributed by atoms with Crippen LogP contribution < -0.4 is 5.32 Å². The molecule has 0 fully saturated rings. The first-order valence-electron chi connectivity index (χ1n) is 7.19. The summed E-state index contributed by atoms with van der Waals surface area (Å²) in [6, 6.07) is 2.78. The largest absolute Gasteiger partial charge is 0.448 e. The molecule has 1 aliphatic rings. The number of hydrazone groups is 1. The van der Waals surface area contributed by atoms with Gasteiger partial charge in [-0.25, -0.2) is 9.80 Å². The molecule has 1 aromatic carbocycles. The van der Waals surface area contributed by atoms with Gasteiger partial charge in [0.2, 0.25) is 5.91 Å². The molecule has 1 N–H and O–H groups in total. The highest BCUT2D eigenvalue weighted by Gasteiger charge is 2.26. The van der Waals surface area contributed by atoms with E-state index in [0.29, 0.717) is 0 Å². The van der Waals surface area contributed by atoms with Gasteiger partial charge in [-0.1, -0.05) is 34.8 Å². The zero-order valence-corrected chi connectivity index (χ0v) is 15.6. The van der Waals surface area contributed by atoms with Crippen molar-refractivity contribution >= 4 is 64.0 Å². The van der Waals surface area contributed by atoms with Crippen LogP contribution in [0.15, 0.2) is 17.2 Å². The van der Waals surface area contributed by atoms with Crippen LogP contribution in [0.3, 0.4) is 0 Å². The van der Waals surface area contributed by atoms with E-state index in [4.69, 9.17) is 39.5 Å². The van der Waals surface area contributed by atoms with E-state index in [1.165, 1.54) is 26.1 Å². The molecule has 1 atom stereocenters. The van der Waals surface area contributed by atoms with Gasteiger partial charge in [-0.3, -0.25) is 9.59 Å². The highest BCUT2D eigenvalue weighted by atomic mass is 35.5. The number of amides is 2. The van der Waals surface area contributed by atoms with Crippen LogP contribution >= 0.6 is 34.8 Å². The molecular weight excluding hydrogens is 393 g/mol. The molecule has 0 bridgehead atoms. The maximum atomic E-state index is 12.2. The van der Waals surface area contributed by atoms with E-state index < -0.39 is 18.0 Å². The number of hydrogen-bond donors (Lipinski definition) is 1. The number of carbonyl (C=O) groups excluding carboxylic acids is 3. The van der Waals surface area contributed by atoms with Crippen LogP contribution in [0, 0.1) is 0 Å². The summed E-state index contributed by atoms with van der Waals surface area (Å²) < 4.78 is 5.08. The van der Waals surface area contributed by atoms with E-state index >= 15 is 0 Å². The molecule has 25 heavy (non-hydrogen) atoms. The van der Waals surface area contributed by atoms with Crippen molar-refractivity contribution in [3.8, 4) is 0 Å². The maximum Gasteiger partial charge on any atom is 0.355 e. The summed E-state index contributed by atoms with van der Waals surface area (Å²) in [6.45, 7) is 1.40. The van der Waals surface area contributed by atoms with Crippen molar-refractivity contribution in [2.45, 2.75) is 25.9 Å². The first-order valence-corrected chi connectivity index (χ1v) is 8.33. The third kappa shape index (κ3) is 4.84. The monoisotopic (exact) mass is 405 g/mol. The van der Waals surface area contributed by atoms with E-state index in [1.54, 1.807) is 0 Å². The molecule has 0 saturated carbocycles. The van der Waals surface area contributed by atoms with Crippen LogP contribution in [0.2, 0.25) is 15.1 Å². The summed E-state index contributed by atoms with van der Waals surface area (Å²) >= 11 is 17.7. The highest BCUT2D eigenvalue weighted by molar-refractivity contribution is 6.44. The normalized spacial score (nSPS) is 15.5. The number of carbonyl (C=O) groups is 3. The third-order valence-corrected chi connectivity index (χ3v) is 4.40. The summed E-state index contributed by atoms with van der Waals surface area (Å²) in [5.74, 6) is -1.56. The number of anilines is 1. The van der Waals surface area contributed by atoms with Gasteiger partial charge in [-0.15, -0.1) is 0 Å². The van der Waals surface area contributed by atoms with Crippen molar-refractivity contribution in [2.75, 3.05) is 12.4 Å². The van der Waals surface area contributed by atoms with E-state index in [9.17, 15) is 14.4 Å². The van der Waals surface area contributed by atoms with Gasteiger partial charge in [0.1, 0.15) is 5.71 Å². The van der Waals surface area contributed by atoms with Crippen molar-refractivity contribution in [3.63, 3.8) is 0 Å². The fourth-order valence-corrected chi connectivity index (χ4v) is 2.55. The Hall–Kier alpha value is -1.83. The van der Waals surface area contributed by atoms with Crippen LogP contribution in [-0.4, -0.2) is 41.7 Å². The molecule has 1 heterocycles. The van der Waals surface area contributed by atoms with Crippen LogP contribution in [0.4, 0.5) is 5.69 Å². The molecular formula is C15H14Cl3N3O4. The Labute approximate surface area is 158 Å². The van der Waals surface area contributed by atoms with Crippen LogP contribution in [0.1, 0.15) is 19.8 Å². The van der Waals surface area contributed by atoms with Crippen molar-refractivity contribution in [3.05, 3.63) is 27.2 Å². The molecule has 10 heteroatoms. The lowest BCUT2D eigenvalue weighted by atomic mass is 10.2. The predicted molar refractivity (Wildman–Crippen MR) is 95.1 cm³/mol. The average molecular weight is 407 g/mol. The average Bonchev–Trinajstić information content (AvgIpc) is 2.54. The third-order valence-electron chi connectivity index (χ3n) is 3.36. The van der Waals surface area contributed by atoms with Crippen molar-refractivity contribution < 1.29 is 19.1 Å². The van der Waals surface area contributed by atoms with E-state index in [-0.39, 0.29) is 45.2 Å². The number of esters is 1. The minimum atomic E-state index is -1.11. The van der Waals surface area contributed by atoms with Crippen LogP contribution in [0.5, 0.6) is 0 Å². The first kappa shape index (κ1) is 19.5. The fourth-order valence-electron chi connectivity index (χ4n) is 1.95. The van der Waals surface area contributed by atoms with Gasteiger partial charge in [0.05, 0.1) is 20.8 Å². The molecule has 1 aliphatic heterocycles. The second-order valence-electron chi connectivity index (χ2n) is 5.25. The lowest BCUT2D eigenvalue weighted by Crippen LogP contribution is -2.36. The topological polar surface area (TPSA) is 88.1 Å². The molecule has 1 unspecified atom stereocenters. The zero-order valence-electron chi connectivity index (χ0n) is 13.3. The smallest absolute Gasteiger partial charge is 0.355 e. The highest BCUT2D eigenvalue weighted by Crippen LogP contribution is 2.32. The number of nitrogens with zero attached hydrogens (tertiary/aromatic N) is 2. The maximum absolute atomic E-state index is 12.2. The fraction of sp³-hybridized carbons (Fsp3) is 0.333. The molecule has 2 rings (SSSR count). The minimum absolute atomic E-state index is 0.0781. The Balaban J connectivity index is 2.01. The van der Waals surface area contributed by atoms with Gasteiger partial charge in [-0.2, -0.15) is 5.10 Å². The predicted octanol–water partition coefficient (Wildman–Crippen LogP) is 3.13. The number of halogens is 3. The molecule has 7 nitrogen and oxygen atoms in total. The second kappa shape index (κ2) is 8.03. The van der Waals surface area contributed by atoms with Crippen molar-refractivity contribution in [1.29, 1.82) is 0 Å². The van der Waals surface area contributed by atoms with Crippen molar-refractivity contribution in [2.24, 2.45) is 5.10 Å². The standard InChI is InChI=1S/C15H14Cl3N3O4/c1-7(25-15(24)11-3-4-13(22)21(2)20-11)14(23)19-12-6-9(17)8(16)5-10(12)18/h5-7H,3-4H2,1-2H3,(H,19,23). The molecule has 2 amide bonds. The summed E-state index contributed by atoms with van der Waals surface area (Å²) in [6.07, 6.45) is -0.789. The van der Waals surface area contributed by atoms with Crippen molar-refractivity contribution in [1.82, 2.24) is 5.01 Å². The molecule has 0 radical (unpaired) electrons. The molecule has 1 aromatic rings. The Morgan fingerprint density at radius 3 is 2.48 bits per heavy atom. The number of ether oxygens (including phenoxy) is 1. The first-order chi connectivity index (χ1) is 11.7. The number of hydrogen-bond acceptors (Lipinski definition) is 5. The minimum Gasteiger partial charge on any atom is -0.448 e. The molecule has 0 aliphatic carbocycles. The second-order valence-corrected chi connectivity index (χ2v) is 6.47. The summed E-state index contributed by atoms with van der Waals surface area (Å²) in [4.78, 5) is 35.6. The molecule has 0 spiro atoms. The van der Waals surface area contributed by atoms with E-state index in [1.807, 2.05) is 0 Å². The SMILES string of the molecule is CC(OC(=O)C1=NN(C)C(=O)CC1)C(=O)Nc1cc(Cl)c(Cl)cc1Cl. The van der Waals surface area contributed by atoms with Crippen LogP contribution in [0.25, 0.3) is 0 Å². The summed E-state index contributed by atoms with van der Waals surface area (Å²) in [7, 11) is 1.44. The van der Waals surface area contributed by atoms with Crippen LogP contribution in [-0.2, 0) is 19.1 Å². The number of nitrogens with one attached hydrogen (secondary N) is 1. The Bertz CT molecular complexity index is 767. The molecule has 0 saturated heterocycles. The van der Waals surface area contributed by atoms with E-state index in [2.05, 4.69) is 10.4 Å².